The molecule has 160 valence electrons. The predicted octanol–water partition coefficient (Wildman–Crippen LogP) is 3.18. The zero-order valence-electron chi connectivity index (χ0n) is 16.5. The molecule has 9 nitrogen and oxygen atoms in total. The Morgan fingerprint density at radius 2 is 1.81 bits per heavy atom. The van der Waals surface area contributed by atoms with Crippen LogP contribution in [0.3, 0.4) is 0 Å². The van der Waals surface area contributed by atoms with Crippen LogP contribution in [-0.4, -0.2) is 41.6 Å². The molecule has 0 bridgehead atoms. The highest BCUT2D eigenvalue weighted by molar-refractivity contribution is 7.89. The van der Waals surface area contributed by atoms with Crippen molar-refractivity contribution in [3.63, 3.8) is 0 Å². The van der Waals surface area contributed by atoms with Crippen molar-refractivity contribution in [2.45, 2.75) is 17.7 Å². The first-order valence-electron chi connectivity index (χ1n) is 9.74. The molecular formula is C21H20N4O5S. The number of rotatable bonds is 5. The van der Waals surface area contributed by atoms with Crippen LogP contribution < -0.4 is 5.32 Å². The number of nitro groups is 1. The quantitative estimate of drug-likeness (QED) is 0.480. The topological polar surface area (TPSA) is 123 Å². The van der Waals surface area contributed by atoms with Crippen molar-refractivity contribution < 1.29 is 18.1 Å². The van der Waals surface area contributed by atoms with Gasteiger partial charge in [-0.05, 0) is 41.8 Å². The van der Waals surface area contributed by atoms with Crippen LogP contribution in [0.4, 0.5) is 11.4 Å². The molecule has 2 aromatic carbocycles. The summed E-state index contributed by atoms with van der Waals surface area (Å²) in [5, 5.41) is 15.5. The maximum atomic E-state index is 13.1. The second kappa shape index (κ2) is 8.40. The molecule has 0 unspecified atom stereocenters. The minimum atomic E-state index is -3.68. The predicted molar refractivity (Wildman–Crippen MR) is 115 cm³/mol. The third kappa shape index (κ3) is 4.25. The summed E-state index contributed by atoms with van der Waals surface area (Å²) >= 11 is 0. The number of aromatic nitrogens is 1. The Bertz CT molecular complexity index is 1250. The van der Waals surface area contributed by atoms with Crippen molar-refractivity contribution in [2.24, 2.45) is 5.92 Å². The maximum absolute atomic E-state index is 13.1. The van der Waals surface area contributed by atoms with E-state index in [1.54, 1.807) is 18.2 Å². The molecule has 1 saturated heterocycles. The first-order valence-corrected chi connectivity index (χ1v) is 11.2. The van der Waals surface area contributed by atoms with E-state index in [-0.39, 0.29) is 35.3 Å². The molecule has 2 heterocycles. The van der Waals surface area contributed by atoms with E-state index >= 15 is 0 Å². The number of carbonyl (C=O) groups excluding carboxylic acids is 1. The third-order valence-electron chi connectivity index (χ3n) is 5.44. The second-order valence-electron chi connectivity index (χ2n) is 7.33. The third-order valence-corrected chi connectivity index (χ3v) is 7.33. The van der Waals surface area contributed by atoms with Gasteiger partial charge in [0.1, 0.15) is 11.9 Å². The van der Waals surface area contributed by atoms with E-state index in [4.69, 9.17) is 0 Å². The van der Waals surface area contributed by atoms with Gasteiger partial charge in [-0.1, -0.05) is 30.3 Å². The lowest BCUT2D eigenvalue weighted by Crippen LogP contribution is -2.41. The summed E-state index contributed by atoms with van der Waals surface area (Å²) < 4.78 is 27.5. The molecule has 3 aromatic rings. The molecule has 0 aliphatic carbocycles. The molecule has 0 saturated carbocycles. The van der Waals surface area contributed by atoms with Gasteiger partial charge in [-0.25, -0.2) is 8.42 Å². The Morgan fingerprint density at radius 3 is 2.52 bits per heavy atom. The Morgan fingerprint density at radius 1 is 1.10 bits per heavy atom. The van der Waals surface area contributed by atoms with Gasteiger partial charge in [0.05, 0.1) is 9.82 Å². The standard InChI is InChI=1S/C21H20N4O5S/c26-21(23-19-7-10-22-14-20(19)25(27)28)16-8-11-24(12-9-16)31(29,30)18-6-5-15-3-1-2-4-17(15)13-18/h1-7,10,13-14,16H,8-9,11-12H2,(H,22,23,26). The smallest absolute Gasteiger partial charge is 0.310 e. The molecule has 1 fully saturated rings. The summed E-state index contributed by atoms with van der Waals surface area (Å²) in [4.78, 5) is 27.0. The van der Waals surface area contributed by atoms with Crippen molar-refractivity contribution in [1.29, 1.82) is 0 Å². The van der Waals surface area contributed by atoms with Crippen molar-refractivity contribution in [3.8, 4) is 0 Å². The molecule has 4 rings (SSSR count). The number of hydrogen-bond donors (Lipinski definition) is 1. The van der Waals surface area contributed by atoms with E-state index in [1.807, 2.05) is 24.3 Å². The van der Waals surface area contributed by atoms with Gasteiger partial charge >= 0.3 is 5.69 Å². The van der Waals surface area contributed by atoms with Crippen LogP contribution in [0.5, 0.6) is 0 Å². The molecule has 1 aliphatic rings. The van der Waals surface area contributed by atoms with Crippen LogP contribution in [0.15, 0.2) is 65.8 Å². The molecule has 1 aliphatic heterocycles. The van der Waals surface area contributed by atoms with Crippen molar-refractivity contribution in [2.75, 3.05) is 18.4 Å². The summed E-state index contributed by atoms with van der Waals surface area (Å²) in [6, 6.07) is 13.9. The number of sulfonamides is 1. The van der Waals surface area contributed by atoms with Gasteiger partial charge in [0.25, 0.3) is 0 Å². The largest absolute Gasteiger partial charge is 0.320 e. The monoisotopic (exact) mass is 440 g/mol. The van der Waals surface area contributed by atoms with E-state index in [0.717, 1.165) is 17.0 Å². The van der Waals surface area contributed by atoms with E-state index < -0.39 is 20.9 Å². The van der Waals surface area contributed by atoms with Crippen LogP contribution >= 0.6 is 0 Å². The number of benzene rings is 2. The van der Waals surface area contributed by atoms with Gasteiger partial charge in [-0.15, -0.1) is 0 Å². The molecule has 0 spiro atoms. The number of nitrogens with one attached hydrogen (secondary N) is 1. The van der Waals surface area contributed by atoms with Crippen LogP contribution in [0.2, 0.25) is 0 Å². The Kier molecular flexibility index (Phi) is 5.66. The average Bonchev–Trinajstić information content (AvgIpc) is 2.79. The molecule has 10 heteroatoms. The van der Waals surface area contributed by atoms with Crippen LogP contribution in [0.25, 0.3) is 10.8 Å². The van der Waals surface area contributed by atoms with Crippen LogP contribution in [0, 0.1) is 16.0 Å². The number of amides is 1. The minimum absolute atomic E-state index is 0.0798. The number of fused-ring (bicyclic) bond motifs is 1. The van der Waals surface area contributed by atoms with Gasteiger partial charge in [0.15, 0.2) is 0 Å². The first kappa shape index (κ1) is 20.9. The molecule has 1 aromatic heterocycles. The number of piperidine rings is 1. The highest BCUT2D eigenvalue weighted by Gasteiger charge is 2.32. The van der Waals surface area contributed by atoms with Crippen LogP contribution in [0.1, 0.15) is 12.8 Å². The number of carbonyl (C=O) groups is 1. The van der Waals surface area contributed by atoms with E-state index in [2.05, 4.69) is 10.3 Å². The Balaban J connectivity index is 1.44. The Hall–Kier alpha value is -3.37. The van der Waals surface area contributed by atoms with Crippen LogP contribution in [-0.2, 0) is 14.8 Å². The molecule has 1 N–H and O–H groups in total. The summed E-state index contributed by atoms with van der Waals surface area (Å²) in [6.07, 6.45) is 3.10. The molecular weight excluding hydrogens is 420 g/mol. The lowest BCUT2D eigenvalue weighted by molar-refractivity contribution is -0.384. The molecule has 0 atom stereocenters. The summed E-state index contributed by atoms with van der Waals surface area (Å²) in [6.45, 7) is 0.400. The maximum Gasteiger partial charge on any atom is 0.310 e. The van der Waals surface area contributed by atoms with Gasteiger partial charge in [0, 0.05) is 25.2 Å². The summed E-state index contributed by atoms with van der Waals surface area (Å²) in [7, 11) is -3.68. The van der Waals surface area contributed by atoms with Gasteiger partial charge < -0.3 is 5.32 Å². The van der Waals surface area contributed by atoms with E-state index in [9.17, 15) is 23.3 Å². The minimum Gasteiger partial charge on any atom is -0.320 e. The SMILES string of the molecule is O=C(Nc1ccncc1[N+](=O)[O-])C1CCN(S(=O)(=O)c2ccc3ccccc3c2)CC1. The number of hydrogen-bond acceptors (Lipinski definition) is 6. The zero-order valence-corrected chi connectivity index (χ0v) is 17.3. The lowest BCUT2D eigenvalue weighted by atomic mass is 9.97. The lowest BCUT2D eigenvalue weighted by Gasteiger charge is -2.30. The summed E-state index contributed by atoms with van der Waals surface area (Å²) in [5.41, 5.74) is -0.205. The second-order valence-corrected chi connectivity index (χ2v) is 9.26. The number of nitrogens with zero attached hydrogens (tertiary/aromatic N) is 3. The number of pyridine rings is 1. The number of anilines is 1. The van der Waals surface area contributed by atoms with E-state index in [0.29, 0.717) is 12.8 Å². The average molecular weight is 440 g/mol. The fourth-order valence-corrected chi connectivity index (χ4v) is 5.21. The van der Waals surface area contributed by atoms with Crippen molar-refractivity contribution >= 4 is 38.1 Å². The zero-order chi connectivity index (χ0) is 22.0. The first-order chi connectivity index (χ1) is 14.9. The van der Waals surface area contributed by atoms with Gasteiger partial charge in [-0.3, -0.25) is 19.9 Å². The fourth-order valence-electron chi connectivity index (χ4n) is 3.71. The molecule has 1 amide bonds. The van der Waals surface area contributed by atoms with Crippen molar-refractivity contribution in [3.05, 3.63) is 71.0 Å². The van der Waals surface area contributed by atoms with E-state index in [1.165, 1.54) is 16.6 Å². The van der Waals surface area contributed by atoms with Gasteiger partial charge in [-0.2, -0.15) is 4.31 Å². The molecule has 0 radical (unpaired) electrons. The highest BCUT2D eigenvalue weighted by atomic mass is 32.2. The fraction of sp³-hybridized carbons (Fsp3) is 0.238. The molecule has 31 heavy (non-hydrogen) atoms. The highest BCUT2D eigenvalue weighted by Crippen LogP contribution is 2.28. The van der Waals surface area contributed by atoms with Crippen molar-refractivity contribution in [1.82, 2.24) is 9.29 Å². The normalized spacial score (nSPS) is 15.6. The Labute approximate surface area is 178 Å². The van der Waals surface area contributed by atoms with Gasteiger partial charge in [0.2, 0.25) is 15.9 Å². The summed E-state index contributed by atoms with van der Waals surface area (Å²) in [5.74, 6) is -0.798.